The number of carbonyl (C=O) groups is 2. The molecule has 0 unspecified atom stereocenters. The zero-order valence-electron chi connectivity index (χ0n) is 14.2. The van der Waals surface area contributed by atoms with Crippen molar-refractivity contribution in [1.82, 2.24) is 4.98 Å². The molecule has 0 spiro atoms. The second-order valence-electron chi connectivity index (χ2n) is 5.34. The highest BCUT2D eigenvalue weighted by Gasteiger charge is 2.16. The lowest BCUT2D eigenvalue weighted by molar-refractivity contribution is -0.139. The van der Waals surface area contributed by atoms with Crippen molar-refractivity contribution in [3.8, 4) is 0 Å². The van der Waals surface area contributed by atoms with Crippen molar-refractivity contribution in [2.45, 2.75) is 13.5 Å². The molecule has 0 saturated heterocycles. The maximum atomic E-state index is 12.0. The molecule has 0 saturated carbocycles. The number of ether oxygens (including phenoxy) is 2. The Bertz CT molecular complexity index is 952. The Morgan fingerprint density at radius 2 is 2.00 bits per heavy atom. The topological polar surface area (TPSA) is 78.6 Å². The minimum Gasteiger partial charge on any atom is -0.465 e. The first-order valence-electron chi connectivity index (χ1n) is 8.11. The number of benzene rings is 1. The third kappa shape index (κ3) is 3.97. The van der Waals surface area contributed by atoms with Crippen molar-refractivity contribution in [1.29, 1.82) is 0 Å². The van der Waals surface area contributed by atoms with Gasteiger partial charge in [-0.2, -0.15) is 0 Å². The van der Waals surface area contributed by atoms with Gasteiger partial charge in [-0.05, 0) is 25.1 Å². The SMILES string of the molecule is CCOC(=O)c1ccoc1COC(=O)/C=C/c1cccc2cccnc12. The molecule has 0 aliphatic rings. The number of fused-ring (bicyclic) bond motifs is 1. The van der Waals surface area contributed by atoms with Crippen LogP contribution in [0.4, 0.5) is 0 Å². The molecule has 0 aliphatic heterocycles. The number of nitrogens with zero attached hydrogens (tertiary/aromatic N) is 1. The number of pyridine rings is 1. The molecule has 0 radical (unpaired) electrons. The number of para-hydroxylation sites is 1. The molecule has 2 heterocycles. The van der Waals surface area contributed by atoms with Crippen molar-refractivity contribution in [2.24, 2.45) is 0 Å². The Balaban J connectivity index is 1.65. The first-order chi connectivity index (χ1) is 12.7. The predicted octanol–water partition coefficient (Wildman–Crippen LogP) is 3.76. The standard InChI is InChI=1S/C20H17NO5/c1-2-24-20(23)16-10-12-25-17(16)13-26-18(22)9-8-15-6-3-5-14-7-4-11-21-19(14)15/h3-12H,2,13H2,1H3/b9-8+. The summed E-state index contributed by atoms with van der Waals surface area (Å²) in [6.07, 6.45) is 6.02. The highest BCUT2D eigenvalue weighted by molar-refractivity contribution is 5.93. The monoisotopic (exact) mass is 351 g/mol. The Morgan fingerprint density at radius 3 is 2.85 bits per heavy atom. The van der Waals surface area contributed by atoms with Gasteiger partial charge in [-0.1, -0.05) is 24.3 Å². The number of rotatable bonds is 6. The molecule has 2 aromatic heterocycles. The average Bonchev–Trinajstić information content (AvgIpc) is 3.13. The highest BCUT2D eigenvalue weighted by atomic mass is 16.5. The maximum Gasteiger partial charge on any atom is 0.341 e. The first-order valence-corrected chi connectivity index (χ1v) is 8.11. The molecule has 132 valence electrons. The third-order valence-corrected chi connectivity index (χ3v) is 3.65. The van der Waals surface area contributed by atoms with Crippen LogP contribution < -0.4 is 0 Å². The Kier molecular flexibility index (Phi) is 5.43. The summed E-state index contributed by atoms with van der Waals surface area (Å²) in [5.41, 5.74) is 1.86. The molecule has 3 rings (SSSR count). The van der Waals surface area contributed by atoms with Gasteiger partial charge in [0.05, 0.1) is 18.4 Å². The lowest BCUT2D eigenvalue weighted by atomic mass is 10.1. The van der Waals surface area contributed by atoms with Gasteiger partial charge in [0.15, 0.2) is 12.4 Å². The van der Waals surface area contributed by atoms with Gasteiger partial charge in [0, 0.05) is 23.2 Å². The van der Waals surface area contributed by atoms with E-state index in [4.69, 9.17) is 13.9 Å². The van der Waals surface area contributed by atoms with Crippen molar-refractivity contribution in [3.63, 3.8) is 0 Å². The van der Waals surface area contributed by atoms with Crippen LogP contribution in [-0.2, 0) is 20.9 Å². The lowest BCUT2D eigenvalue weighted by Gasteiger charge is -2.03. The van der Waals surface area contributed by atoms with E-state index >= 15 is 0 Å². The van der Waals surface area contributed by atoms with E-state index in [1.54, 1.807) is 19.2 Å². The normalized spacial score (nSPS) is 11.0. The maximum absolute atomic E-state index is 12.0. The summed E-state index contributed by atoms with van der Waals surface area (Å²) < 4.78 is 15.3. The van der Waals surface area contributed by atoms with Crippen LogP contribution in [0.1, 0.15) is 28.6 Å². The van der Waals surface area contributed by atoms with E-state index in [-0.39, 0.29) is 24.5 Å². The fraction of sp³-hybridized carbons (Fsp3) is 0.150. The van der Waals surface area contributed by atoms with Gasteiger partial charge in [-0.25, -0.2) is 9.59 Å². The van der Waals surface area contributed by atoms with Crippen molar-refractivity contribution in [3.05, 3.63) is 71.8 Å². The van der Waals surface area contributed by atoms with E-state index in [9.17, 15) is 9.59 Å². The number of hydrogen-bond donors (Lipinski definition) is 0. The van der Waals surface area contributed by atoms with Gasteiger partial charge in [-0.15, -0.1) is 0 Å². The number of aromatic nitrogens is 1. The van der Waals surface area contributed by atoms with Crippen LogP contribution in [0.25, 0.3) is 17.0 Å². The van der Waals surface area contributed by atoms with Gasteiger partial charge in [0.1, 0.15) is 5.56 Å². The highest BCUT2D eigenvalue weighted by Crippen LogP contribution is 2.17. The third-order valence-electron chi connectivity index (χ3n) is 3.65. The number of carbonyl (C=O) groups excluding carboxylic acids is 2. The summed E-state index contributed by atoms with van der Waals surface area (Å²) in [6.45, 7) is 1.81. The van der Waals surface area contributed by atoms with Crippen molar-refractivity contribution < 1.29 is 23.5 Å². The summed E-state index contributed by atoms with van der Waals surface area (Å²) in [6, 6.07) is 11.0. The van der Waals surface area contributed by atoms with E-state index in [0.29, 0.717) is 0 Å². The van der Waals surface area contributed by atoms with Crippen LogP contribution in [0.5, 0.6) is 0 Å². The molecular weight excluding hydrogens is 334 g/mol. The van der Waals surface area contributed by atoms with Crippen LogP contribution in [0.15, 0.2) is 59.4 Å². The molecule has 26 heavy (non-hydrogen) atoms. The molecule has 6 heteroatoms. The second-order valence-corrected chi connectivity index (χ2v) is 5.34. The van der Waals surface area contributed by atoms with E-state index < -0.39 is 11.9 Å². The van der Waals surface area contributed by atoms with Crippen molar-refractivity contribution >= 4 is 28.9 Å². The number of esters is 2. The van der Waals surface area contributed by atoms with Gasteiger partial charge in [0.2, 0.25) is 0 Å². The van der Waals surface area contributed by atoms with Gasteiger partial charge >= 0.3 is 11.9 Å². The molecular formula is C20H17NO5. The fourth-order valence-corrected chi connectivity index (χ4v) is 2.45. The summed E-state index contributed by atoms with van der Waals surface area (Å²) in [7, 11) is 0. The molecule has 0 N–H and O–H groups in total. The average molecular weight is 351 g/mol. The number of furan rings is 1. The summed E-state index contributed by atoms with van der Waals surface area (Å²) in [5.74, 6) is -0.814. The van der Waals surface area contributed by atoms with Crippen molar-refractivity contribution in [2.75, 3.05) is 6.61 Å². The van der Waals surface area contributed by atoms with Crippen LogP contribution in [-0.4, -0.2) is 23.5 Å². The Hall–Kier alpha value is -3.41. The molecule has 0 bridgehead atoms. The van der Waals surface area contributed by atoms with E-state index in [0.717, 1.165) is 16.5 Å². The number of hydrogen-bond acceptors (Lipinski definition) is 6. The molecule has 0 atom stereocenters. The van der Waals surface area contributed by atoms with Gasteiger partial charge < -0.3 is 13.9 Å². The second kappa shape index (κ2) is 8.11. The molecule has 0 amide bonds. The Labute approximate surface area is 150 Å². The molecule has 0 aliphatic carbocycles. The zero-order chi connectivity index (χ0) is 18.4. The summed E-state index contributed by atoms with van der Waals surface area (Å²) in [5, 5.41) is 0.984. The predicted molar refractivity (Wildman–Crippen MR) is 95.2 cm³/mol. The van der Waals surface area contributed by atoms with Gasteiger partial charge in [-0.3, -0.25) is 4.98 Å². The van der Waals surface area contributed by atoms with Gasteiger partial charge in [0.25, 0.3) is 0 Å². The zero-order valence-corrected chi connectivity index (χ0v) is 14.2. The molecule has 0 fully saturated rings. The lowest BCUT2D eigenvalue weighted by Crippen LogP contribution is -2.08. The summed E-state index contributed by atoms with van der Waals surface area (Å²) >= 11 is 0. The minimum absolute atomic E-state index is 0.155. The van der Waals surface area contributed by atoms with Crippen LogP contribution >= 0.6 is 0 Å². The van der Waals surface area contributed by atoms with E-state index in [2.05, 4.69) is 4.98 Å². The van der Waals surface area contributed by atoms with E-state index in [1.807, 2.05) is 30.3 Å². The first kappa shape index (κ1) is 17.4. The van der Waals surface area contributed by atoms with Crippen LogP contribution in [0, 0.1) is 0 Å². The Morgan fingerprint density at radius 1 is 1.15 bits per heavy atom. The largest absolute Gasteiger partial charge is 0.465 e. The fourth-order valence-electron chi connectivity index (χ4n) is 2.45. The van der Waals surface area contributed by atoms with Crippen LogP contribution in [0.3, 0.4) is 0 Å². The molecule has 3 aromatic rings. The summed E-state index contributed by atoms with van der Waals surface area (Å²) in [4.78, 5) is 28.1. The molecule has 6 nitrogen and oxygen atoms in total. The van der Waals surface area contributed by atoms with Crippen LogP contribution in [0.2, 0.25) is 0 Å². The van der Waals surface area contributed by atoms with E-state index in [1.165, 1.54) is 18.4 Å². The molecule has 1 aromatic carbocycles. The minimum atomic E-state index is -0.552. The smallest absolute Gasteiger partial charge is 0.341 e. The quantitative estimate of drug-likeness (QED) is 0.497.